The lowest BCUT2D eigenvalue weighted by molar-refractivity contribution is -0.142. The predicted octanol–water partition coefficient (Wildman–Crippen LogP) is 3.91. The third-order valence-corrected chi connectivity index (χ3v) is 6.63. The van der Waals surface area contributed by atoms with Gasteiger partial charge in [0.25, 0.3) is 5.91 Å². The summed E-state index contributed by atoms with van der Waals surface area (Å²) in [6, 6.07) is 10.6. The van der Waals surface area contributed by atoms with Crippen molar-refractivity contribution in [3.8, 4) is 22.9 Å². The van der Waals surface area contributed by atoms with Gasteiger partial charge in [-0.3, -0.25) is 4.79 Å². The third kappa shape index (κ3) is 3.30. The van der Waals surface area contributed by atoms with Gasteiger partial charge in [-0.05, 0) is 56.0 Å². The summed E-state index contributed by atoms with van der Waals surface area (Å²) in [5, 5.41) is 0. The number of imidazole rings is 1. The standard InChI is InChI=1S/C24H24FN3O4/c25-16-4-5-19-18(13-16)26-23(15-3-6-20-22(12-15)32-14-31-20)28(19)17-7-9-27(10-8-17)24(29)21-2-1-11-30-21/h3-6,12-13,17,21H,1-2,7-11,14H2. The second kappa shape index (κ2) is 7.78. The van der Waals surface area contributed by atoms with Gasteiger partial charge in [-0.2, -0.15) is 0 Å². The van der Waals surface area contributed by atoms with Crippen LogP contribution in [0.1, 0.15) is 31.7 Å². The minimum atomic E-state index is -0.309. The summed E-state index contributed by atoms with van der Waals surface area (Å²) in [6.45, 7) is 2.22. The number of amides is 1. The molecular formula is C24H24FN3O4. The summed E-state index contributed by atoms with van der Waals surface area (Å²) in [5.41, 5.74) is 2.40. The second-order valence-electron chi connectivity index (χ2n) is 8.56. The van der Waals surface area contributed by atoms with Gasteiger partial charge in [-0.15, -0.1) is 0 Å². The Morgan fingerprint density at radius 3 is 2.69 bits per heavy atom. The first-order valence-electron chi connectivity index (χ1n) is 11.2. The molecule has 6 rings (SSSR count). The van der Waals surface area contributed by atoms with Crippen LogP contribution in [0.25, 0.3) is 22.4 Å². The van der Waals surface area contributed by atoms with E-state index in [0.29, 0.717) is 36.7 Å². The number of aromatic nitrogens is 2. The first kappa shape index (κ1) is 19.5. The fraction of sp³-hybridized carbons (Fsp3) is 0.417. The summed E-state index contributed by atoms with van der Waals surface area (Å²) >= 11 is 0. The summed E-state index contributed by atoms with van der Waals surface area (Å²) in [6.07, 6.45) is 3.08. The van der Waals surface area contributed by atoms with Gasteiger partial charge < -0.3 is 23.7 Å². The van der Waals surface area contributed by atoms with Crippen molar-refractivity contribution in [3.05, 3.63) is 42.2 Å². The Labute approximate surface area is 184 Å². The molecule has 1 amide bonds. The lowest BCUT2D eigenvalue weighted by atomic mass is 10.0. The molecule has 0 spiro atoms. The molecule has 4 heterocycles. The lowest BCUT2D eigenvalue weighted by Crippen LogP contribution is -2.44. The molecule has 2 aromatic carbocycles. The number of carbonyl (C=O) groups excluding carboxylic acids is 1. The number of benzene rings is 2. The van der Waals surface area contributed by atoms with Crippen LogP contribution >= 0.6 is 0 Å². The zero-order valence-corrected chi connectivity index (χ0v) is 17.6. The van der Waals surface area contributed by atoms with Gasteiger partial charge in [0.2, 0.25) is 6.79 Å². The molecule has 3 aliphatic rings. The first-order valence-corrected chi connectivity index (χ1v) is 11.2. The Morgan fingerprint density at radius 1 is 1.03 bits per heavy atom. The molecule has 0 bridgehead atoms. The van der Waals surface area contributed by atoms with Gasteiger partial charge in [0, 0.05) is 37.4 Å². The van der Waals surface area contributed by atoms with E-state index < -0.39 is 0 Å². The zero-order chi connectivity index (χ0) is 21.7. The van der Waals surface area contributed by atoms with Crippen molar-refractivity contribution in [1.82, 2.24) is 14.5 Å². The number of piperidine rings is 1. The van der Waals surface area contributed by atoms with Crippen molar-refractivity contribution in [1.29, 1.82) is 0 Å². The molecule has 3 aromatic rings. The molecule has 2 fully saturated rings. The zero-order valence-electron chi connectivity index (χ0n) is 17.6. The Hall–Kier alpha value is -3.13. The van der Waals surface area contributed by atoms with Gasteiger partial charge >= 0.3 is 0 Å². The van der Waals surface area contributed by atoms with Crippen LogP contribution in [-0.4, -0.2) is 53.0 Å². The molecule has 3 aliphatic heterocycles. The van der Waals surface area contributed by atoms with Crippen molar-refractivity contribution >= 4 is 16.9 Å². The minimum absolute atomic E-state index is 0.106. The maximum atomic E-state index is 13.9. The van der Waals surface area contributed by atoms with Crippen LogP contribution in [0.3, 0.4) is 0 Å². The Bertz CT molecular complexity index is 1180. The smallest absolute Gasteiger partial charge is 0.251 e. The molecule has 0 aliphatic carbocycles. The van der Waals surface area contributed by atoms with E-state index >= 15 is 0 Å². The number of likely N-dealkylation sites (tertiary alicyclic amines) is 1. The summed E-state index contributed by atoms with van der Waals surface area (Å²) in [5.74, 6) is 1.96. The number of carbonyl (C=O) groups is 1. The maximum absolute atomic E-state index is 13.9. The van der Waals surface area contributed by atoms with Gasteiger partial charge in [-0.1, -0.05) is 0 Å². The molecule has 1 unspecified atom stereocenters. The van der Waals surface area contributed by atoms with E-state index in [1.54, 1.807) is 6.07 Å². The summed E-state index contributed by atoms with van der Waals surface area (Å²) in [7, 11) is 0. The number of nitrogens with zero attached hydrogens (tertiary/aromatic N) is 3. The van der Waals surface area contributed by atoms with Crippen molar-refractivity contribution in [2.75, 3.05) is 26.5 Å². The van der Waals surface area contributed by atoms with Crippen molar-refractivity contribution in [2.45, 2.75) is 37.8 Å². The topological polar surface area (TPSA) is 65.8 Å². The molecule has 0 radical (unpaired) electrons. The molecule has 8 heteroatoms. The number of hydrogen-bond donors (Lipinski definition) is 0. The van der Waals surface area contributed by atoms with E-state index in [4.69, 9.17) is 19.2 Å². The Morgan fingerprint density at radius 2 is 1.88 bits per heavy atom. The van der Waals surface area contributed by atoms with E-state index in [0.717, 1.165) is 42.6 Å². The fourth-order valence-electron chi connectivity index (χ4n) is 5.00. The van der Waals surface area contributed by atoms with Crippen LogP contribution in [-0.2, 0) is 9.53 Å². The minimum Gasteiger partial charge on any atom is -0.454 e. The highest BCUT2D eigenvalue weighted by atomic mass is 19.1. The number of hydrogen-bond acceptors (Lipinski definition) is 5. The lowest BCUT2D eigenvalue weighted by Gasteiger charge is -2.34. The van der Waals surface area contributed by atoms with E-state index in [2.05, 4.69) is 4.57 Å². The molecule has 166 valence electrons. The molecule has 2 saturated heterocycles. The molecule has 0 N–H and O–H groups in total. The highest BCUT2D eigenvalue weighted by Crippen LogP contribution is 2.39. The Balaban J connectivity index is 1.33. The van der Waals surface area contributed by atoms with E-state index in [-0.39, 0.29) is 30.7 Å². The van der Waals surface area contributed by atoms with E-state index in [1.807, 2.05) is 23.1 Å². The van der Waals surface area contributed by atoms with Gasteiger partial charge in [0.15, 0.2) is 11.5 Å². The quantitative estimate of drug-likeness (QED) is 0.622. The molecule has 1 aromatic heterocycles. The maximum Gasteiger partial charge on any atom is 0.251 e. The summed E-state index contributed by atoms with van der Waals surface area (Å²) < 4.78 is 32.7. The number of rotatable bonds is 3. The first-order chi connectivity index (χ1) is 15.7. The number of fused-ring (bicyclic) bond motifs is 2. The van der Waals surface area contributed by atoms with Crippen LogP contribution in [0.2, 0.25) is 0 Å². The van der Waals surface area contributed by atoms with E-state index in [9.17, 15) is 9.18 Å². The third-order valence-electron chi connectivity index (χ3n) is 6.63. The van der Waals surface area contributed by atoms with Gasteiger partial charge in [0.05, 0.1) is 11.0 Å². The van der Waals surface area contributed by atoms with Crippen molar-refractivity contribution < 1.29 is 23.4 Å². The monoisotopic (exact) mass is 437 g/mol. The second-order valence-corrected chi connectivity index (χ2v) is 8.56. The number of ether oxygens (including phenoxy) is 3. The van der Waals surface area contributed by atoms with Crippen LogP contribution in [0.4, 0.5) is 4.39 Å². The highest BCUT2D eigenvalue weighted by molar-refractivity contribution is 5.82. The molecule has 7 nitrogen and oxygen atoms in total. The van der Waals surface area contributed by atoms with Crippen molar-refractivity contribution in [2.24, 2.45) is 0 Å². The molecule has 0 saturated carbocycles. The normalized spacial score (nSPS) is 20.9. The molecular weight excluding hydrogens is 413 g/mol. The predicted molar refractivity (Wildman–Crippen MR) is 115 cm³/mol. The Kier molecular flexibility index (Phi) is 4.75. The average Bonchev–Trinajstić information content (AvgIpc) is 3.57. The van der Waals surface area contributed by atoms with Crippen LogP contribution in [0.5, 0.6) is 11.5 Å². The van der Waals surface area contributed by atoms with Crippen LogP contribution < -0.4 is 9.47 Å². The largest absolute Gasteiger partial charge is 0.454 e. The van der Waals surface area contributed by atoms with E-state index in [1.165, 1.54) is 12.1 Å². The summed E-state index contributed by atoms with van der Waals surface area (Å²) in [4.78, 5) is 19.5. The van der Waals surface area contributed by atoms with Gasteiger partial charge in [-0.25, -0.2) is 9.37 Å². The average molecular weight is 437 g/mol. The molecule has 1 atom stereocenters. The van der Waals surface area contributed by atoms with Crippen molar-refractivity contribution in [3.63, 3.8) is 0 Å². The molecule has 32 heavy (non-hydrogen) atoms. The SMILES string of the molecule is O=C(C1CCCO1)N1CCC(n2c(-c3ccc4c(c3)OCO4)nc3cc(F)ccc32)CC1. The number of halogens is 1. The van der Waals surface area contributed by atoms with Gasteiger partial charge in [0.1, 0.15) is 17.7 Å². The van der Waals surface area contributed by atoms with Crippen LogP contribution in [0.15, 0.2) is 36.4 Å². The highest BCUT2D eigenvalue weighted by Gasteiger charge is 2.32. The van der Waals surface area contributed by atoms with Crippen LogP contribution in [0, 0.1) is 5.82 Å². The fourth-order valence-corrected chi connectivity index (χ4v) is 5.00.